The Morgan fingerprint density at radius 3 is 2.63 bits per heavy atom. The summed E-state index contributed by atoms with van der Waals surface area (Å²) in [6.07, 6.45) is 1.72. The molecule has 0 spiro atoms. The first-order chi connectivity index (χ1) is 13.2. The van der Waals surface area contributed by atoms with E-state index in [1.807, 2.05) is 23.6 Å². The van der Waals surface area contributed by atoms with E-state index in [0.29, 0.717) is 22.2 Å². The quantitative estimate of drug-likeness (QED) is 0.408. The molecule has 0 aliphatic carbocycles. The Bertz CT molecular complexity index is 1080. The lowest BCUT2D eigenvalue weighted by atomic mass is 10.1. The van der Waals surface area contributed by atoms with Crippen molar-refractivity contribution < 1.29 is 4.92 Å². The fourth-order valence-electron chi connectivity index (χ4n) is 2.40. The monoisotopic (exact) mass is 376 g/mol. The molecule has 1 N–H and O–H groups in total. The number of hydrogen-bond donors (Lipinski definition) is 1. The van der Waals surface area contributed by atoms with Gasteiger partial charge in [0.15, 0.2) is 10.9 Å². The molecule has 0 radical (unpaired) electrons. The maximum atomic E-state index is 10.9. The predicted octanol–water partition coefficient (Wildman–Crippen LogP) is 4.31. The molecule has 0 saturated heterocycles. The van der Waals surface area contributed by atoms with Gasteiger partial charge < -0.3 is 5.32 Å². The number of nitro groups is 1. The third-order valence-corrected chi connectivity index (χ3v) is 4.44. The molecule has 27 heavy (non-hydrogen) atoms. The summed E-state index contributed by atoms with van der Waals surface area (Å²) in [6.45, 7) is 0. The zero-order valence-electron chi connectivity index (χ0n) is 13.8. The van der Waals surface area contributed by atoms with Crippen LogP contribution in [0.1, 0.15) is 0 Å². The molecule has 0 amide bonds. The predicted molar refractivity (Wildman–Crippen MR) is 103 cm³/mol. The largest absolute Gasteiger partial charge is 0.315 e. The summed E-state index contributed by atoms with van der Waals surface area (Å²) in [7, 11) is 0. The summed E-state index contributed by atoms with van der Waals surface area (Å²) in [4.78, 5) is 19.2. The summed E-state index contributed by atoms with van der Waals surface area (Å²) in [6, 6.07) is 15.4. The van der Waals surface area contributed by atoms with E-state index in [1.165, 1.54) is 23.5 Å². The molecular formula is C18H12N6O2S. The maximum Gasteiger partial charge on any atom is 0.270 e. The summed E-state index contributed by atoms with van der Waals surface area (Å²) in [5.41, 5.74) is 2.78. The topological polar surface area (TPSA) is 107 Å². The van der Waals surface area contributed by atoms with E-state index in [0.717, 1.165) is 11.4 Å². The molecular weight excluding hydrogens is 364 g/mol. The van der Waals surface area contributed by atoms with Gasteiger partial charge in [-0.25, -0.2) is 4.98 Å². The Hall–Kier alpha value is -3.72. The van der Waals surface area contributed by atoms with Crippen molar-refractivity contribution in [3.63, 3.8) is 0 Å². The molecule has 0 aliphatic rings. The number of aromatic nitrogens is 4. The smallest absolute Gasteiger partial charge is 0.270 e. The lowest BCUT2D eigenvalue weighted by Crippen LogP contribution is -1.96. The summed E-state index contributed by atoms with van der Waals surface area (Å²) in [5.74, 6) is 0.533. The number of pyridine rings is 1. The van der Waals surface area contributed by atoms with Gasteiger partial charge in [0, 0.05) is 29.3 Å². The van der Waals surface area contributed by atoms with Gasteiger partial charge >= 0.3 is 0 Å². The first-order valence-electron chi connectivity index (χ1n) is 7.91. The number of rotatable bonds is 5. The third kappa shape index (κ3) is 3.77. The van der Waals surface area contributed by atoms with Crippen molar-refractivity contribution >= 4 is 28.0 Å². The standard InChI is InChI=1S/C18H12N6O2S/c25-24(26)13-5-3-4-12(10-13)14-7-8-17(23-22-14)21-18-20-16(11-27-18)15-6-1-2-9-19-15/h1-11H,(H,20,21,23). The van der Waals surface area contributed by atoms with Crippen LogP contribution in [0.5, 0.6) is 0 Å². The van der Waals surface area contributed by atoms with Gasteiger partial charge in [-0.2, -0.15) is 0 Å². The highest BCUT2D eigenvalue weighted by atomic mass is 32.1. The lowest BCUT2D eigenvalue weighted by Gasteiger charge is -2.03. The van der Waals surface area contributed by atoms with E-state index in [2.05, 4.69) is 25.5 Å². The van der Waals surface area contributed by atoms with E-state index < -0.39 is 4.92 Å². The molecule has 1 aromatic carbocycles. The first-order valence-corrected chi connectivity index (χ1v) is 8.79. The van der Waals surface area contributed by atoms with Crippen LogP contribution >= 0.6 is 11.3 Å². The van der Waals surface area contributed by atoms with E-state index in [4.69, 9.17) is 0 Å². The number of non-ortho nitro benzene ring substituents is 1. The molecule has 3 heterocycles. The minimum absolute atomic E-state index is 0.0151. The van der Waals surface area contributed by atoms with Crippen LogP contribution in [-0.2, 0) is 0 Å². The summed E-state index contributed by atoms with van der Waals surface area (Å²) in [5, 5.41) is 24.8. The maximum absolute atomic E-state index is 10.9. The average molecular weight is 376 g/mol. The van der Waals surface area contributed by atoms with Crippen molar-refractivity contribution in [3.8, 4) is 22.6 Å². The van der Waals surface area contributed by atoms with Crippen molar-refractivity contribution in [3.05, 3.63) is 76.3 Å². The van der Waals surface area contributed by atoms with Crippen LogP contribution in [0.25, 0.3) is 22.6 Å². The van der Waals surface area contributed by atoms with Crippen LogP contribution in [0.3, 0.4) is 0 Å². The molecule has 0 saturated carbocycles. The second-order valence-electron chi connectivity index (χ2n) is 5.49. The minimum atomic E-state index is -0.436. The number of nitrogens with zero attached hydrogens (tertiary/aromatic N) is 5. The molecule has 3 aromatic heterocycles. The number of thiazole rings is 1. The summed E-state index contributed by atoms with van der Waals surface area (Å²) >= 11 is 1.44. The zero-order valence-corrected chi connectivity index (χ0v) is 14.6. The lowest BCUT2D eigenvalue weighted by molar-refractivity contribution is -0.384. The molecule has 8 nitrogen and oxygen atoms in total. The van der Waals surface area contributed by atoms with Crippen LogP contribution in [0.2, 0.25) is 0 Å². The average Bonchev–Trinajstić information content (AvgIpc) is 3.18. The van der Waals surface area contributed by atoms with Crippen LogP contribution in [0, 0.1) is 10.1 Å². The van der Waals surface area contributed by atoms with Crippen molar-refractivity contribution in [1.82, 2.24) is 20.2 Å². The van der Waals surface area contributed by atoms with Crippen LogP contribution in [0.4, 0.5) is 16.6 Å². The van der Waals surface area contributed by atoms with Crippen LogP contribution in [-0.4, -0.2) is 25.1 Å². The zero-order chi connectivity index (χ0) is 18.6. The Morgan fingerprint density at radius 2 is 1.89 bits per heavy atom. The van der Waals surface area contributed by atoms with Crippen molar-refractivity contribution in [2.45, 2.75) is 0 Å². The van der Waals surface area contributed by atoms with Gasteiger partial charge in [0.1, 0.15) is 5.69 Å². The Labute approximate surface area is 157 Å². The van der Waals surface area contributed by atoms with Gasteiger partial charge in [-0.05, 0) is 24.3 Å². The molecule has 0 unspecified atom stereocenters. The molecule has 0 bridgehead atoms. The van der Waals surface area contributed by atoms with Gasteiger partial charge in [-0.1, -0.05) is 18.2 Å². The van der Waals surface area contributed by atoms with Crippen molar-refractivity contribution in [2.75, 3.05) is 5.32 Å². The molecule has 0 fully saturated rings. The highest BCUT2D eigenvalue weighted by Crippen LogP contribution is 2.26. The molecule has 132 valence electrons. The second kappa shape index (κ2) is 7.26. The fraction of sp³-hybridized carbons (Fsp3) is 0. The Kier molecular flexibility index (Phi) is 4.50. The normalized spacial score (nSPS) is 10.5. The van der Waals surface area contributed by atoms with Gasteiger partial charge in [0.05, 0.1) is 16.3 Å². The number of anilines is 2. The van der Waals surface area contributed by atoms with Crippen molar-refractivity contribution in [1.29, 1.82) is 0 Å². The van der Waals surface area contributed by atoms with E-state index >= 15 is 0 Å². The van der Waals surface area contributed by atoms with E-state index in [-0.39, 0.29) is 5.69 Å². The number of hydrogen-bond acceptors (Lipinski definition) is 8. The van der Waals surface area contributed by atoms with Gasteiger partial charge in [0.2, 0.25) is 0 Å². The molecule has 4 aromatic rings. The Balaban J connectivity index is 1.51. The molecule has 4 rings (SSSR count). The number of benzene rings is 1. The van der Waals surface area contributed by atoms with Crippen LogP contribution < -0.4 is 5.32 Å². The highest BCUT2D eigenvalue weighted by Gasteiger charge is 2.10. The van der Waals surface area contributed by atoms with Crippen molar-refractivity contribution in [2.24, 2.45) is 0 Å². The van der Waals surface area contributed by atoms with Gasteiger partial charge in [-0.15, -0.1) is 21.5 Å². The van der Waals surface area contributed by atoms with Gasteiger partial charge in [-0.3, -0.25) is 15.1 Å². The first kappa shape index (κ1) is 16.7. The third-order valence-electron chi connectivity index (χ3n) is 3.68. The van der Waals surface area contributed by atoms with E-state index in [1.54, 1.807) is 30.5 Å². The fourth-order valence-corrected chi connectivity index (χ4v) is 3.12. The van der Waals surface area contributed by atoms with Crippen LogP contribution in [0.15, 0.2) is 66.2 Å². The van der Waals surface area contributed by atoms with E-state index in [9.17, 15) is 10.1 Å². The van der Waals surface area contributed by atoms with Gasteiger partial charge in [0.25, 0.3) is 5.69 Å². The molecule has 9 heteroatoms. The minimum Gasteiger partial charge on any atom is -0.315 e. The number of nitrogens with one attached hydrogen (secondary N) is 1. The number of nitro benzene ring substituents is 1. The SMILES string of the molecule is O=[N+]([O-])c1cccc(-c2ccc(Nc3nc(-c4ccccn4)cs3)nn2)c1. The molecule has 0 aliphatic heterocycles. The molecule has 0 atom stereocenters. The highest BCUT2D eigenvalue weighted by molar-refractivity contribution is 7.14. The second-order valence-corrected chi connectivity index (χ2v) is 6.35. The Morgan fingerprint density at radius 1 is 0.963 bits per heavy atom. The summed E-state index contributed by atoms with van der Waals surface area (Å²) < 4.78 is 0.